The Labute approximate surface area is 146 Å². The van der Waals surface area contributed by atoms with Crippen LogP contribution in [0.2, 0.25) is 0 Å². The first-order valence-corrected chi connectivity index (χ1v) is 7.53. The summed E-state index contributed by atoms with van der Waals surface area (Å²) in [5, 5.41) is 0. The van der Waals surface area contributed by atoms with Gasteiger partial charge in [-0.3, -0.25) is 9.59 Å². The first kappa shape index (κ1) is 17.8. The van der Waals surface area contributed by atoms with Gasteiger partial charge in [0.15, 0.2) is 0 Å². The lowest BCUT2D eigenvalue weighted by molar-refractivity contribution is -0.133. The van der Waals surface area contributed by atoms with E-state index in [4.69, 9.17) is 9.47 Å². The highest BCUT2D eigenvalue weighted by Gasteiger charge is 2.08. The van der Waals surface area contributed by atoms with Crippen LogP contribution >= 0.6 is 0 Å². The van der Waals surface area contributed by atoms with Gasteiger partial charge in [-0.05, 0) is 43.3 Å². The lowest BCUT2D eigenvalue weighted by atomic mass is 10.1. The van der Waals surface area contributed by atoms with Crippen molar-refractivity contribution in [3.05, 3.63) is 59.2 Å². The van der Waals surface area contributed by atoms with Gasteiger partial charge in [-0.2, -0.15) is 0 Å². The molecular weight excluding hydrogens is 316 g/mol. The van der Waals surface area contributed by atoms with Crippen LogP contribution in [-0.4, -0.2) is 11.9 Å². The molecule has 0 heterocycles. The minimum atomic E-state index is -0.453. The number of benzene rings is 2. The average molecular weight is 332 g/mol. The van der Waals surface area contributed by atoms with E-state index in [-0.39, 0.29) is 0 Å². The zero-order chi connectivity index (χ0) is 18.2. The molecule has 0 amide bonds. The molecule has 0 spiro atoms. The van der Waals surface area contributed by atoms with Crippen molar-refractivity contribution in [3.63, 3.8) is 0 Å². The highest BCUT2D eigenvalue weighted by molar-refractivity contribution is 5.72. The van der Waals surface area contributed by atoms with E-state index in [1.165, 1.54) is 13.8 Å². The van der Waals surface area contributed by atoms with E-state index in [1.54, 1.807) is 25.1 Å². The third-order valence-corrected chi connectivity index (χ3v) is 2.96. The smallest absolute Gasteiger partial charge is 0.308 e. The third kappa shape index (κ3) is 5.57. The van der Waals surface area contributed by atoms with Gasteiger partial charge in [-0.15, -0.1) is 5.92 Å². The van der Waals surface area contributed by atoms with E-state index in [2.05, 4.69) is 23.7 Å². The molecule has 4 heteroatoms. The van der Waals surface area contributed by atoms with Crippen LogP contribution in [0.1, 0.15) is 37.5 Å². The Hall–Kier alpha value is -3.50. The van der Waals surface area contributed by atoms with Crippen LogP contribution in [0.4, 0.5) is 0 Å². The molecule has 0 aliphatic heterocycles. The monoisotopic (exact) mass is 332 g/mol. The summed E-state index contributed by atoms with van der Waals surface area (Å²) in [7, 11) is 0. The summed E-state index contributed by atoms with van der Waals surface area (Å²) in [5.74, 6) is 11.5. The van der Waals surface area contributed by atoms with Crippen LogP contribution in [0.3, 0.4) is 0 Å². The molecular formula is C21H16O4. The first-order valence-electron chi connectivity index (χ1n) is 7.53. The van der Waals surface area contributed by atoms with E-state index in [1.807, 2.05) is 24.3 Å². The lowest BCUT2D eigenvalue weighted by Crippen LogP contribution is -2.05. The Morgan fingerprint density at radius 2 is 1.40 bits per heavy atom. The fourth-order valence-electron chi connectivity index (χ4n) is 2.00. The summed E-state index contributed by atoms with van der Waals surface area (Å²) in [5.41, 5.74) is 2.14. The second-order valence-corrected chi connectivity index (χ2v) is 5.05. The second-order valence-electron chi connectivity index (χ2n) is 5.05. The number of ether oxygens (including phenoxy) is 2. The highest BCUT2D eigenvalue weighted by Crippen LogP contribution is 2.24. The van der Waals surface area contributed by atoms with Gasteiger partial charge in [0.05, 0.1) is 5.56 Å². The molecule has 0 unspecified atom stereocenters. The fourth-order valence-corrected chi connectivity index (χ4v) is 2.00. The van der Waals surface area contributed by atoms with E-state index in [0.717, 1.165) is 11.1 Å². The largest absolute Gasteiger partial charge is 0.427 e. The van der Waals surface area contributed by atoms with Crippen LogP contribution in [0.5, 0.6) is 11.5 Å². The maximum absolute atomic E-state index is 11.2. The molecule has 0 saturated heterocycles. The van der Waals surface area contributed by atoms with E-state index < -0.39 is 11.9 Å². The minimum absolute atomic E-state index is 0.310. The Morgan fingerprint density at radius 3 is 1.96 bits per heavy atom. The first-order chi connectivity index (χ1) is 12.0. The van der Waals surface area contributed by atoms with E-state index >= 15 is 0 Å². The maximum atomic E-state index is 11.2. The molecule has 0 aliphatic carbocycles. The summed E-state index contributed by atoms with van der Waals surface area (Å²) in [4.78, 5) is 22.3. The van der Waals surface area contributed by atoms with Crippen LogP contribution in [0.25, 0.3) is 0 Å². The van der Waals surface area contributed by atoms with Gasteiger partial charge < -0.3 is 9.47 Å². The second kappa shape index (κ2) is 8.38. The molecule has 2 aromatic rings. The lowest BCUT2D eigenvalue weighted by Gasteiger charge is -2.07. The molecule has 0 N–H and O–H groups in total. The van der Waals surface area contributed by atoms with Gasteiger partial charge in [0, 0.05) is 31.0 Å². The standard InChI is InChI=1S/C21H16O4/c1-4-5-17-6-8-18(9-7-17)10-11-19-14-20(24-15(2)22)12-13-21(19)25-16(3)23/h6-9,12-14H,1-3H3. The van der Waals surface area contributed by atoms with Crippen molar-refractivity contribution in [1.82, 2.24) is 0 Å². The van der Waals surface area contributed by atoms with Crippen molar-refractivity contribution >= 4 is 11.9 Å². The van der Waals surface area contributed by atoms with Gasteiger partial charge in [-0.25, -0.2) is 0 Å². The summed E-state index contributed by atoms with van der Waals surface area (Å²) in [6.07, 6.45) is 0. The number of rotatable bonds is 2. The summed E-state index contributed by atoms with van der Waals surface area (Å²) in [6.45, 7) is 4.40. The van der Waals surface area contributed by atoms with Crippen molar-refractivity contribution < 1.29 is 19.1 Å². The van der Waals surface area contributed by atoms with Crippen molar-refractivity contribution in [2.45, 2.75) is 20.8 Å². The predicted octanol–water partition coefficient (Wildman–Crippen LogP) is 3.31. The molecule has 124 valence electrons. The number of esters is 2. The summed E-state index contributed by atoms with van der Waals surface area (Å²) in [6, 6.07) is 12.1. The Balaban J connectivity index is 2.36. The number of hydrogen-bond acceptors (Lipinski definition) is 4. The summed E-state index contributed by atoms with van der Waals surface area (Å²) < 4.78 is 10.2. The molecule has 25 heavy (non-hydrogen) atoms. The number of hydrogen-bond donors (Lipinski definition) is 0. The topological polar surface area (TPSA) is 52.6 Å². The van der Waals surface area contributed by atoms with Crippen LogP contribution < -0.4 is 9.47 Å². The molecule has 2 rings (SSSR count). The fraction of sp³-hybridized carbons (Fsp3) is 0.143. The van der Waals surface area contributed by atoms with Crippen LogP contribution in [-0.2, 0) is 9.59 Å². The normalized spacial score (nSPS) is 9.08. The Kier molecular flexibility index (Phi) is 5.98. The van der Waals surface area contributed by atoms with Gasteiger partial charge in [0.1, 0.15) is 11.5 Å². The molecule has 0 aliphatic rings. The molecule has 0 atom stereocenters. The van der Waals surface area contributed by atoms with Crippen LogP contribution in [0.15, 0.2) is 42.5 Å². The SMILES string of the molecule is CC#Cc1ccc(C#Cc2cc(OC(C)=O)ccc2OC(C)=O)cc1. The molecule has 0 aromatic heterocycles. The highest BCUT2D eigenvalue weighted by atomic mass is 16.5. The molecule has 2 aromatic carbocycles. The Morgan fingerprint density at radius 1 is 0.800 bits per heavy atom. The molecule has 0 radical (unpaired) electrons. The van der Waals surface area contributed by atoms with Gasteiger partial charge >= 0.3 is 11.9 Å². The summed E-state index contributed by atoms with van der Waals surface area (Å²) >= 11 is 0. The number of carbonyl (C=O) groups excluding carboxylic acids is 2. The zero-order valence-electron chi connectivity index (χ0n) is 14.2. The third-order valence-electron chi connectivity index (χ3n) is 2.96. The quantitative estimate of drug-likeness (QED) is 0.481. The number of carbonyl (C=O) groups is 2. The van der Waals surface area contributed by atoms with Crippen molar-refractivity contribution in [2.24, 2.45) is 0 Å². The predicted molar refractivity (Wildman–Crippen MR) is 94.0 cm³/mol. The molecule has 0 bridgehead atoms. The van der Waals surface area contributed by atoms with E-state index in [0.29, 0.717) is 17.1 Å². The average Bonchev–Trinajstić information content (AvgIpc) is 2.55. The van der Waals surface area contributed by atoms with Gasteiger partial charge in [-0.1, -0.05) is 17.8 Å². The zero-order valence-corrected chi connectivity index (χ0v) is 14.2. The Bertz CT molecular complexity index is 916. The minimum Gasteiger partial charge on any atom is -0.427 e. The van der Waals surface area contributed by atoms with Gasteiger partial charge in [0.2, 0.25) is 0 Å². The molecule has 4 nitrogen and oxygen atoms in total. The van der Waals surface area contributed by atoms with Crippen molar-refractivity contribution in [3.8, 4) is 35.2 Å². The van der Waals surface area contributed by atoms with Crippen molar-refractivity contribution in [2.75, 3.05) is 0 Å². The van der Waals surface area contributed by atoms with Crippen molar-refractivity contribution in [1.29, 1.82) is 0 Å². The van der Waals surface area contributed by atoms with Gasteiger partial charge in [0.25, 0.3) is 0 Å². The van der Waals surface area contributed by atoms with E-state index in [9.17, 15) is 9.59 Å². The molecule has 0 fully saturated rings. The molecule has 0 saturated carbocycles. The maximum Gasteiger partial charge on any atom is 0.308 e. The van der Waals surface area contributed by atoms with Crippen LogP contribution in [0, 0.1) is 23.7 Å².